The van der Waals surface area contributed by atoms with Crippen molar-refractivity contribution < 1.29 is 14.2 Å². The summed E-state index contributed by atoms with van der Waals surface area (Å²) in [6.45, 7) is 4.53. The average molecular weight is 430 g/mol. The van der Waals surface area contributed by atoms with Gasteiger partial charge in [-0.2, -0.15) is 0 Å². The maximum atomic E-state index is 13.3. The molecule has 0 bridgehead atoms. The van der Waals surface area contributed by atoms with Crippen LogP contribution in [-0.4, -0.2) is 31.3 Å². The molecule has 2 aromatic carbocycles. The number of para-hydroxylation sites is 1. The fraction of sp³-hybridized carbons (Fsp3) is 0.200. The fourth-order valence-corrected chi connectivity index (χ4v) is 4.64. The molecule has 0 unspecified atom stereocenters. The normalized spacial score (nSPS) is 16.0. The standard InChI is InChI=1S/C20H23N5O4S/c1-11(2)10-22-25-15-9-4-3-6-12(15)17(26)16(20(25)27)19-23-14-8-5-7-13(21)18(14)30(28,29)24-19/h3-9,11,22,26,28-29H,10,21H2,1-2H3,(H,23,24). The summed E-state index contributed by atoms with van der Waals surface area (Å²) >= 11 is 0. The minimum Gasteiger partial charge on any atom is -0.506 e. The first-order chi connectivity index (χ1) is 14.2. The second kappa shape index (κ2) is 7.24. The molecule has 0 aliphatic carbocycles. The highest BCUT2D eigenvalue weighted by Crippen LogP contribution is 2.58. The summed E-state index contributed by atoms with van der Waals surface area (Å²) in [5, 5.41) is 14.3. The fourth-order valence-electron chi connectivity index (χ4n) is 3.36. The van der Waals surface area contributed by atoms with E-state index in [0.29, 0.717) is 23.1 Å². The summed E-state index contributed by atoms with van der Waals surface area (Å²) in [5.74, 6) is -0.173. The van der Waals surface area contributed by atoms with E-state index >= 15 is 0 Å². The van der Waals surface area contributed by atoms with Gasteiger partial charge in [0.05, 0.1) is 16.9 Å². The lowest BCUT2D eigenvalue weighted by Crippen LogP contribution is -2.37. The Balaban J connectivity index is 1.96. The van der Waals surface area contributed by atoms with Crippen molar-refractivity contribution in [1.82, 2.24) is 4.68 Å². The van der Waals surface area contributed by atoms with Gasteiger partial charge in [-0.25, -0.2) is 4.68 Å². The smallest absolute Gasteiger partial charge is 0.284 e. The van der Waals surface area contributed by atoms with Crippen LogP contribution < -0.4 is 22.0 Å². The summed E-state index contributed by atoms with van der Waals surface area (Å²) in [6.07, 6.45) is 0. The number of nitrogen functional groups attached to an aromatic ring is 1. The molecule has 1 aliphatic rings. The van der Waals surface area contributed by atoms with E-state index < -0.39 is 16.3 Å². The second-order valence-electron chi connectivity index (χ2n) is 7.45. The maximum absolute atomic E-state index is 13.3. The van der Waals surface area contributed by atoms with E-state index in [2.05, 4.69) is 15.1 Å². The van der Waals surface area contributed by atoms with Gasteiger partial charge >= 0.3 is 0 Å². The zero-order valence-electron chi connectivity index (χ0n) is 16.5. The van der Waals surface area contributed by atoms with Crippen molar-refractivity contribution in [3.8, 4) is 5.75 Å². The Morgan fingerprint density at radius 2 is 1.93 bits per heavy atom. The van der Waals surface area contributed by atoms with Gasteiger partial charge in [-0.1, -0.05) is 42.8 Å². The SMILES string of the molecule is CC(C)CNn1c(=O)c(C2=NS(O)(O)c3c(N)cccc3N2)c(O)c2ccccc21. The van der Waals surface area contributed by atoms with Crippen LogP contribution in [-0.2, 0) is 0 Å². The predicted octanol–water partition coefficient (Wildman–Crippen LogP) is 3.39. The molecule has 2 heterocycles. The van der Waals surface area contributed by atoms with Crippen molar-refractivity contribution in [1.29, 1.82) is 0 Å². The molecule has 0 amide bonds. The molecule has 30 heavy (non-hydrogen) atoms. The molecule has 9 nitrogen and oxygen atoms in total. The number of hydrogen-bond donors (Lipinski definition) is 6. The molecule has 4 rings (SSSR count). The van der Waals surface area contributed by atoms with Crippen LogP contribution in [0.2, 0.25) is 0 Å². The molecule has 1 aliphatic heterocycles. The van der Waals surface area contributed by atoms with Crippen LogP contribution in [0.1, 0.15) is 19.4 Å². The molecule has 3 aromatic rings. The number of nitrogens with one attached hydrogen (secondary N) is 2. The number of aromatic hydroxyl groups is 1. The molecule has 1 aromatic heterocycles. The van der Waals surface area contributed by atoms with Crippen LogP contribution in [0.4, 0.5) is 11.4 Å². The highest BCUT2D eigenvalue weighted by Gasteiger charge is 2.31. The van der Waals surface area contributed by atoms with E-state index in [1.165, 1.54) is 10.7 Å². The van der Waals surface area contributed by atoms with Crippen LogP contribution in [0.25, 0.3) is 10.9 Å². The van der Waals surface area contributed by atoms with Gasteiger partial charge in [0, 0.05) is 11.9 Å². The monoisotopic (exact) mass is 429 g/mol. The zero-order valence-corrected chi connectivity index (χ0v) is 17.3. The molecule has 0 atom stereocenters. The molecule has 10 heteroatoms. The van der Waals surface area contributed by atoms with E-state index in [4.69, 9.17) is 5.73 Å². The number of rotatable bonds is 4. The summed E-state index contributed by atoms with van der Waals surface area (Å²) in [4.78, 5) is 13.4. The predicted molar refractivity (Wildman–Crippen MR) is 121 cm³/mol. The summed E-state index contributed by atoms with van der Waals surface area (Å²) in [5.41, 5.74) is 9.22. The topological polar surface area (TPSA) is 145 Å². The lowest BCUT2D eigenvalue weighted by Gasteiger charge is -2.35. The lowest BCUT2D eigenvalue weighted by atomic mass is 10.1. The van der Waals surface area contributed by atoms with Crippen LogP contribution >= 0.6 is 10.8 Å². The highest BCUT2D eigenvalue weighted by atomic mass is 32.3. The van der Waals surface area contributed by atoms with Crippen molar-refractivity contribution in [3.05, 3.63) is 58.4 Å². The third-order valence-electron chi connectivity index (χ3n) is 4.74. The molecule has 0 spiro atoms. The molecule has 0 fully saturated rings. The number of benzene rings is 2. The van der Waals surface area contributed by atoms with Gasteiger partial charge in [0.1, 0.15) is 16.2 Å². The summed E-state index contributed by atoms with van der Waals surface area (Å²) in [6, 6.07) is 11.7. The number of nitrogens with two attached hydrogens (primary N) is 1. The quantitative estimate of drug-likeness (QED) is 0.349. The molecule has 7 N–H and O–H groups in total. The van der Waals surface area contributed by atoms with Gasteiger partial charge < -0.3 is 21.6 Å². The van der Waals surface area contributed by atoms with Gasteiger partial charge in [-0.15, -0.1) is 4.40 Å². The number of anilines is 2. The van der Waals surface area contributed by atoms with Gasteiger partial charge in [-0.3, -0.25) is 13.9 Å². The second-order valence-corrected chi connectivity index (χ2v) is 9.07. The van der Waals surface area contributed by atoms with Crippen molar-refractivity contribution in [2.75, 3.05) is 23.0 Å². The minimum atomic E-state index is -3.67. The number of pyridine rings is 1. The van der Waals surface area contributed by atoms with Crippen LogP contribution in [0.15, 0.2) is 56.6 Å². The molecule has 0 saturated heterocycles. The Bertz CT molecular complexity index is 1240. The van der Waals surface area contributed by atoms with Gasteiger partial charge in [-0.05, 0) is 30.2 Å². The van der Waals surface area contributed by atoms with Crippen LogP contribution in [0.3, 0.4) is 0 Å². The first-order valence-electron chi connectivity index (χ1n) is 9.35. The van der Waals surface area contributed by atoms with E-state index in [0.717, 1.165) is 0 Å². The minimum absolute atomic E-state index is 0.0623. The van der Waals surface area contributed by atoms with Crippen molar-refractivity contribution in [3.63, 3.8) is 0 Å². The Labute approximate surface area is 174 Å². The Morgan fingerprint density at radius 1 is 1.20 bits per heavy atom. The van der Waals surface area contributed by atoms with Crippen molar-refractivity contribution in [2.45, 2.75) is 18.7 Å². The first kappa shape index (κ1) is 20.1. The first-order valence-corrected chi connectivity index (χ1v) is 10.9. The van der Waals surface area contributed by atoms with E-state index in [1.807, 2.05) is 13.8 Å². The summed E-state index contributed by atoms with van der Waals surface area (Å²) < 4.78 is 26.5. The van der Waals surface area contributed by atoms with E-state index in [-0.39, 0.29) is 33.6 Å². The molecular formula is C20H23N5O4S. The van der Waals surface area contributed by atoms with Crippen LogP contribution in [0.5, 0.6) is 5.75 Å². The van der Waals surface area contributed by atoms with Gasteiger partial charge in [0.15, 0.2) is 5.84 Å². The lowest BCUT2D eigenvalue weighted by molar-refractivity contribution is 0.478. The van der Waals surface area contributed by atoms with Crippen molar-refractivity contribution >= 4 is 38.9 Å². The van der Waals surface area contributed by atoms with E-state index in [9.17, 15) is 19.0 Å². The third kappa shape index (κ3) is 3.24. The number of fused-ring (bicyclic) bond motifs is 2. The molecule has 158 valence electrons. The van der Waals surface area contributed by atoms with Crippen LogP contribution in [0, 0.1) is 5.92 Å². The summed E-state index contributed by atoms with van der Waals surface area (Å²) in [7, 11) is -3.67. The number of aromatic nitrogens is 1. The molecular weight excluding hydrogens is 406 g/mol. The zero-order chi connectivity index (χ0) is 21.6. The Hall–Kier alpha value is -3.21. The van der Waals surface area contributed by atoms with E-state index in [1.54, 1.807) is 36.4 Å². The maximum Gasteiger partial charge on any atom is 0.284 e. The van der Waals surface area contributed by atoms with Crippen molar-refractivity contribution in [2.24, 2.45) is 10.3 Å². The number of amidine groups is 1. The Kier molecular flexibility index (Phi) is 4.85. The molecule has 0 radical (unpaired) electrons. The largest absolute Gasteiger partial charge is 0.506 e. The molecule has 0 saturated carbocycles. The third-order valence-corrected chi connectivity index (χ3v) is 6.18. The number of hydrogen-bond acceptors (Lipinski definition) is 8. The number of nitrogens with zero attached hydrogens (tertiary/aromatic N) is 2. The highest BCUT2D eigenvalue weighted by molar-refractivity contribution is 8.23. The van der Waals surface area contributed by atoms with Gasteiger partial charge in [0.25, 0.3) is 5.56 Å². The average Bonchev–Trinajstić information content (AvgIpc) is 2.67. The van der Waals surface area contributed by atoms with Gasteiger partial charge in [0.2, 0.25) is 0 Å². The Morgan fingerprint density at radius 3 is 2.67 bits per heavy atom.